The highest BCUT2D eigenvalue weighted by molar-refractivity contribution is 5.74. The number of nitrogens with zero attached hydrogens (tertiary/aromatic N) is 4. The van der Waals surface area contributed by atoms with Crippen LogP contribution in [0.4, 0.5) is 4.79 Å². The number of hydrogen-bond donors (Lipinski definition) is 1. The lowest BCUT2D eigenvalue weighted by Gasteiger charge is -2.34. The third kappa shape index (κ3) is 5.71. The third-order valence-electron chi connectivity index (χ3n) is 5.52. The number of amides is 2. The second kappa shape index (κ2) is 9.37. The number of piperazine rings is 1. The summed E-state index contributed by atoms with van der Waals surface area (Å²) in [5.41, 5.74) is 0.914. The Morgan fingerprint density at radius 1 is 1.19 bits per heavy atom. The molecule has 3 rings (SSSR count). The van der Waals surface area contributed by atoms with E-state index in [1.807, 2.05) is 17.9 Å². The lowest BCUT2D eigenvalue weighted by atomic mass is 9.99. The highest BCUT2D eigenvalue weighted by Crippen LogP contribution is 2.15. The molecule has 2 saturated heterocycles. The summed E-state index contributed by atoms with van der Waals surface area (Å²) in [7, 11) is 0. The van der Waals surface area contributed by atoms with E-state index in [1.54, 1.807) is 0 Å². The van der Waals surface area contributed by atoms with E-state index >= 15 is 0 Å². The first kappa shape index (κ1) is 19.2. The van der Waals surface area contributed by atoms with Crippen molar-refractivity contribution in [2.45, 2.75) is 39.7 Å². The minimum Gasteiger partial charge on any atom is -0.360 e. The Morgan fingerprint density at radius 3 is 2.58 bits per heavy atom. The Bertz CT molecular complexity index is 560. The maximum atomic E-state index is 12.3. The van der Waals surface area contributed by atoms with Crippen molar-refractivity contribution < 1.29 is 9.32 Å². The maximum Gasteiger partial charge on any atom is 0.317 e. The van der Waals surface area contributed by atoms with E-state index in [-0.39, 0.29) is 6.03 Å². The largest absolute Gasteiger partial charge is 0.360 e. The number of aromatic nitrogens is 1. The molecule has 1 N–H and O–H groups in total. The van der Waals surface area contributed by atoms with Crippen molar-refractivity contribution in [2.24, 2.45) is 5.92 Å². The van der Waals surface area contributed by atoms with Gasteiger partial charge in [0.05, 0.1) is 12.2 Å². The second-order valence-corrected chi connectivity index (χ2v) is 7.81. The number of aryl methyl sites for hydroxylation is 1. The summed E-state index contributed by atoms with van der Waals surface area (Å²) >= 11 is 0. The molecular weight excluding hydrogens is 330 g/mol. The maximum absolute atomic E-state index is 12.3. The molecule has 26 heavy (non-hydrogen) atoms. The smallest absolute Gasteiger partial charge is 0.317 e. The van der Waals surface area contributed by atoms with Crippen LogP contribution in [0.25, 0.3) is 0 Å². The normalized spacial score (nSPS) is 20.5. The molecule has 0 unspecified atom stereocenters. The quantitative estimate of drug-likeness (QED) is 0.783. The Labute approximate surface area is 156 Å². The topological polar surface area (TPSA) is 64.8 Å². The fourth-order valence-corrected chi connectivity index (χ4v) is 3.72. The van der Waals surface area contributed by atoms with E-state index in [0.29, 0.717) is 0 Å². The van der Waals surface area contributed by atoms with E-state index in [4.69, 9.17) is 4.52 Å². The first-order valence-corrected chi connectivity index (χ1v) is 10.00. The Balaban J connectivity index is 1.27. The molecule has 0 atom stereocenters. The van der Waals surface area contributed by atoms with Crippen LogP contribution >= 0.6 is 0 Å². The van der Waals surface area contributed by atoms with Gasteiger partial charge in [0, 0.05) is 38.8 Å². The third-order valence-corrected chi connectivity index (χ3v) is 5.52. The van der Waals surface area contributed by atoms with Crippen molar-refractivity contribution in [3.05, 3.63) is 17.5 Å². The molecule has 2 amide bonds. The van der Waals surface area contributed by atoms with Gasteiger partial charge in [0.15, 0.2) is 5.76 Å². The summed E-state index contributed by atoms with van der Waals surface area (Å²) in [4.78, 5) is 19.1. The molecule has 3 heterocycles. The zero-order valence-corrected chi connectivity index (χ0v) is 16.2. The fraction of sp³-hybridized carbons (Fsp3) is 0.789. The highest BCUT2D eigenvalue weighted by Gasteiger charge is 2.22. The molecule has 146 valence electrons. The SMILES string of the molecule is Cc1cc(CN2CCN(C(=O)NCCCN3CCC(C)CC3)CC2)on1. The highest BCUT2D eigenvalue weighted by atomic mass is 16.5. The summed E-state index contributed by atoms with van der Waals surface area (Å²) < 4.78 is 5.27. The van der Waals surface area contributed by atoms with Crippen LogP contribution in [-0.4, -0.2) is 78.2 Å². The number of hydrogen-bond acceptors (Lipinski definition) is 5. The predicted octanol–water partition coefficient (Wildman–Crippen LogP) is 1.93. The number of carbonyl (C=O) groups is 1. The van der Waals surface area contributed by atoms with Crippen LogP contribution in [0.2, 0.25) is 0 Å². The summed E-state index contributed by atoms with van der Waals surface area (Å²) in [5.74, 6) is 1.77. The molecule has 0 bridgehead atoms. The minimum absolute atomic E-state index is 0.0763. The monoisotopic (exact) mass is 363 g/mol. The molecule has 0 spiro atoms. The first-order chi connectivity index (χ1) is 12.6. The molecule has 1 aromatic rings. The van der Waals surface area contributed by atoms with E-state index in [9.17, 15) is 4.79 Å². The van der Waals surface area contributed by atoms with Crippen LogP contribution < -0.4 is 5.32 Å². The van der Waals surface area contributed by atoms with Gasteiger partial charge in [0.1, 0.15) is 0 Å². The van der Waals surface area contributed by atoms with Crippen LogP contribution in [-0.2, 0) is 6.54 Å². The second-order valence-electron chi connectivity index (χ2n) is 7.81. The van der Waals surface area contributed by atoms with Gasteiger partial charge in [-0.2, -0.15) is 0 Å². The zero-order chi connectivity index (χ0) is 18.4. The number of nitrogens with one attached hydrogen (secondary N) is 1. The van der Waals surface area contributed by atoms with E-state index < -0.39 is 0 Å². The van der Waals surface area contributed by atoms with Gasteiger partial charge in [-0.3, -0.25) is 4.90 Å². The fourth-order valence-electron chi connectivity index (χ4n) is 3.72. The average Bonchev–Trinajstić information content (AvgIpc) is 3.05. The van der Waals surface area contributed by atoms with Gasteiger partial charge in [-0.15, -0.1) is 0 Å². The molecule has 0 radical (unpaired) electrons. The molecular formula is C19H33N5O2. The van der Waals surface area contributed by atoms with Crippen molar-refractivity contribution in [1.82, 2.24) is 25.2 Å². The van der Waals surface area contributed by atoms with Gasteiger partial charge in [0.2, 0.25) is 0 Å². The van der Waals surface area contributed by atoms with Crippen LogP contribution in [0.1, 0.15) is 37.6 Å². The zero-order valence-electron chi connectivity index (χ0n) is 16.2. The molecule has 0 aliphatic carbocycles. The number of piperidine rings is 1. The summed E-state index contributed by atoms with van der Waals surface area (Å²) in [5, 5.41) is 7.01. The van der Waals surface area contributed by atoms with E-state index in [1.165, 1.54) is 25.9 Å². The Kier molecular flexibility index (Phi) is 6.91. The Morgan fingerprint density at radius 2 is 1.92 bits per heavy atom. The summed E-state index contributed by atoms with van der Waals surface area (Å²) in [6, 6.07) is 2.05. The molecule has 0 aromatic carbocycles. The van der Waals surface area contributed by atoms with Crippen molar-refractivity contribution >= 4 is 6.03 Å². The van der Waals surface area contributed by atoms with Crippen molar-refractivity contribution in [3.63, 3.8) is 0 Å². The molecule has 2 aliphatic rings. The van der Waals surface area contributed by atoms with Crippen LogP contribution in [0, 0.1) is 12.8 Å². The number of carbonyl (C=O) groups excluding carboxylic acids is 1. The standard InChI is InChI=1S/C19H33N5O2/c1-16-4-8-22(9-5-16)7-3-6-20-19(25)24-12-10-23(11-13-24)15-18-14-17(2)21-26-18/h14,16H,3-13,15H2,1-2H3,(H,20,25). The molecule has 2 aliphatic heterocycles. The predicted molar refractivity (Wildman–Crippen MR) is 101 cm³/mol. The molecule has 0 saturated carbocycles. The van der Waals surface area contributed by atoms with Gasteiger partial charge in [-0.05, 0) is 51.7 Å². The van der Waals surface area contributed by atoms with Crippen molar-refractivity contribution in [3.8, 4) is 0 Å². The molecule has 7 nitrogen and oxygen atoms in total. The van der Waals surface area contributed by atoms with Crippen molar-refractivity contribution in [2.75, 3.05) is 52.4 Å². The van der Waals surface area contributed by atoms with Gasteiger partial charge in [-0.25, -0.2) is 4.79 Å². The van der Waals surface area contributed by atoms with Gasteiger partial charge in [-0.1, -0.05) is 12.1 Å². The van der Waals surface area contributed by atoms with Crippen LogP contribution in [0.5, 0.6) is 0 Å². The average molecular weight is 364 g/mol. The lowest BCUT2D eigenvalue weighted by molar-refractivity contribution is 0.127. The molecule has 7 heteroatoms. The molecule has 2 fully saturated rings. The van der Waals surface area contributed by atoms with Crippen LogP contribution in [0.15, 0.2) is 10.6 Å². The van der Waals surface area contributed by atoms with Gasteiger partial charge in [0.25, 0.3) is 0 Å². The van der Waals surface area contributed by atoms with Gasteiger partial charge < -0.3 is 19.6 Å². The Hall–Kier alpha value is -1.60. The van der Waals surface area contributed by atoms with Crippen LogP contribution in [0.3, 0.4) is 0 Å². The number of rotatable bonds is 6. The van der Waals surface area contributed by atoms with Gasteiger partial charge >= 0.3 is 6.03 Å². The first-order valence-electron chi connectivity index (χ1n) is 10.00. The minimum atomic E-state index is 0.0763. The summed E-state index contributed by atoms with van der Waals surface area (Å²) in [6.45, 7) is 12.6. The van der Waals surface area contributed by atoms with E-state index in [0.717, 1.165) is 69.6 Å². The summed E-state index contributed by atoms with van der Waals surface area (Å²) in [6.07, 6.45) is 3.65. The van der Waals surface area contributed by atoms with Crippen molar-refractivity contribution in [1.29, 1.82) is 0 Å². The number of urea groups is 1. The lowest BCUT2D eigenvalue weighted by Crippen LogP contribution is -2.51. The molecule has 1 aromatic heterocycles. The number of likely N-dealkylation sites (tertiary alicyclic amines) is 1. The van der Waals surface area contributed by atoms with E-state index in [2.05, 4.69) is 27.2 Å².